The number of nitrogens with one attached hydrogen (secondary N) is 1. The van der Waals surface area contributed by atoms with Crippen LogP contribution in [0.3, 0.4) is 0 Å². The Kier molecular flexibility index (Phi) is 4.60. The molecule has 15 heavy (non-hydrogen) atoms. The molecule has 0 aromatic carbocycles. The molecule has 0 saturated heterocycles. The maximum atomic E-state index is 9.41. The van der Waals surface area contributed by atoms with Gasteiger partial charge in [-0.25, -0.2) is 0 Å². The van der Waals surface area contributed by atoms with Gasteiger partial charge in [-0.05, 0) is 43.6 Å². The second-order valence-electron chi connectivity index (χ2n) is 5.69. The number of rotatable bonds is 4. The molecule has 1 fully saturated rings. The highest BCUT2D eigenvalue weighted by molar-refractivity contribution is 4.89. The van der Waals surface area contributed by atoms with Crippen molar-refractivity contribution in [2.24, 2.45) is 17.3 Å². The molecule has 0 bridgehead atoms. The molecule has 0 aromatic heterocycles. The van der Waals surface area contributed by atoms with Crippen molar-refractivity contribution in [3.05, 3.63) is 0 Å². The van der Waals surface area contributed by atoms with E-state index in [1.807, 2.05) is 7.05 Å². The van der Waals surface area contributed by atoms with Crippen molar-refractivity contribution in [2.75, 3.05) is 13.7 Å². The molecule has 0 amide bonds. The van der Waals surface area contributed by atoms with Gasteiger partial charge >= 0.3 is 0 Å². The molecule has 1 aliphatic carbocycles. The predicted molar refractivity (Wildman–Crippen MR) is 64.8 cm³/mol. The fourth-order valence-electron chi connectivity index (χ4n) is 2.84. The summed E-state index contributed by atoms with van der Waals surface area (Å²) in [4.78, 5) is 0. The second-order valence-corrected chi connectivity index (χ2v) is 5.69. The Morgan fingerprint density at radius 1 is 1.33 bits per heavy atom. The summed E-state index contributed by atoms with van der Waals surface area (Å²) in [5.74, 6) is 1.24. The lowest BCUT2D eigenvalue weighted by atomic mass is 9.66. The van der Waals surface area contributed by atoms with Crippen molar-refractivity contribution in [1.82, 2.24) is 5.32 Å². The van der Waals surface area contributed by atoms with E-state index in [1.165, 1.54) is 25.7 Å². The van der Waals surface area contributed by atoms with Gasteiger partial charge in [0.15, 0.2) is 0 Å². The third-order valence-corrected chi connectivity index (χ3v) is 4.60. The Bertz CT molecular complexity index is 191. The average Bonchev–Trinajstić information content (AvgIpc) is 2.28. The zero-order valence-corrected chi connectivity index (χ0v) is 10.7. The van der Waals surface area contributed by atoms with Gasteiger partial charge in [-0.15, -0.1) is 0 Å². The standard InChI is InChI=1S/C13H27NO/c1-5-13(2,3)11-6-7-12(14-4)10(8-11)9-15/h10-12,14-15H,5-9H2,1-4H3. The molecule has 2 N–H and O–H groups in total. The van der Waals surface area contributed by atoms with Crippen LogP contribution in [0.1, 0.15) is 46.5 Å². The monoisotopic (exact) mass is 213 g/mol. The van der Waals surface area contributed by atoms with E-state index in [-0.39, 0.29) is 0 Å². The van der Waals surface area contributed by atoms with E-state index >= 15 is 0 Å². The Morgan fingerprint density at radius 3 is 2.47 bits per heavy atom. The van der Waals surface area contributed by atoms with Crippen LogP contribution in [0, 0.1) is 17.3 Å². The van der Waals surface area contributed by atoms with E-state index in [0.717, 1.165) is 5.92 Å². The molecule has 2 heteroatoms. The first-order valence-electron chi connectivity index (χ1n) is 6.33. The normalized spacial score (nSPS) is 33.0. The first-order chi connectivity index (χ1) is 7.05. The van der Waals surface area contributed by atoms with E-state index < -0.39 is 0 Å². The molecule has 3 unspecified atom stereocenters. The van der Waals surface area contributed by atoms with Crippen molar-refractivity contribution in [3.63, 3.8) is 0 Å². The molecule has 3 atom stereocenters. The van der Waals surface area contributed by atoms with Crippen LogP contribution in [0.25, 0.3) is 0 Å². The third-order valence-electron chi connectivity index (χ3n) is 4.60. The van der Waals surface area contributed by atoms with Gasteiger partial charge in [0, 0.05) is 12.6 Å². The molecular formula is C13H27NO. The minimum absolute atomic E-state index is 0.335. The summed E-state index contributed by atoms with van der Waals surface area (Å²) in [6.07, 6.45) is 4.95. The lowest BCUT2D eigenvalue weighted by Crippen LogP contribution is -2.43. The lowest BCUT2D eigenvalue weighted by molar-refractivity contribution is 0.0682. The van der Waals surface area contributed by atoms with Gasteiger partial charge in [-0.3, -0.25) is 0 Å². The minimum Gasteiger partial charge on any atom is -0.396 e. The molecule has 0 heterocycles. The Balaban J connectivity index is 2.60. The summed E-state index contributed by atoms with van der Waals surface area (Å²) in [6, 6.07) is 0.527. The van der Waals surface area contributed by atoms with E-state index in [9.17, 15) is 5.11 Å². The third kappa shape index (κ3) is 2.94. The number of aliphatic hydroxyl groups excluding tert-OH is 1. The smallest absolute Gasteiger partial charge is 0.0474 e. The van der Waals surface area contributed by atoms with Gasteiger partial charge in [0.2, 0.25) is 0 Å². The first kappa shape index (κ1) is 13.0. The van der Waals surface area contributed by atoms with Gasteiger partial charge < -0.3 is 10.4 Å². The number of aliphatic hydroxyl groups is 1. The molecule has 0 aliphatic heterocycles. The van der Waals surface area contributed by atoms with E-state index in [4.69, 9.17) is 0 Å². The lowest BCUT2D eigenvalue weighted by Gasteiger charge is -2.42. The van der Waals surface area contributed by atoms with E-state index in [0.29, 0.717) is 24.0 Å². The summed E-state index contributed by atoms with van der Waals surface area (Å²) >= 11 is 0. The summed E-state index contributed by atoms with van der Waals surface area (Å²) in [6.45, 7) is 7.34. The zero-order chi connectivity index (χ0) is 11.5. The van der Waals surface area contributed by atoms with E-state index in [2.05, 4.69) is 26.1 Å². The fourth-order valence-corrected chi connectivity index (χ4v) is 2.84. The molecule has 0 aromatic rings. The highest BCUT2D eigenvalue weighted by Crippen LogP contribution is 2.42. The van der Waals surface area contributed by atoms with Crippen LogP contribution < -0.4 is 5.32 Å². The molecule has 1 saturated carbocycles. The predicted octanol–water partition coefficient (Wildman–Crippen LogP) is 2.42. The fraction of sp³-hybridized carbons (Fsp3) is 1.00. The maximum absolute atomic E-state index is 9.41. The van der Waals surface area contributed by atoms with Gasteiger partial charge in [-0.1, -0.05) is 27.2 Å². The molecular weight excluding hydrogens is 186 g/mol. The quantitative estimate of drug-likeness (QED) is 0.751. The Labute approximate surface area is 94.5 Å². The SMILES string of the molecule is CCC(C)(C)C1CCC(NC)C(CO)C1. The van der Waals surface area contributed by atoms with Gasteiger partial charge in [0.1, 0.15) is 0 Å². The van der Waals surface area contributed by atoms with Crippen molar-refractivity contribution in [3.8, 4) is 0 Å². The maximum Gasteiger partial charge on any atom is 0.0474 e. The molecule has 2 nitrogen and oxygen atoms in total. The summed E-state index contributed by atoms with van der Waals surface area (Å²) < 4.78 is 0. The highest BCUT2D eigenvalue weighted by Gasteiger charge is 2.36. The van der Waals surface area contributed by atoms with E-state index in [1.54, 1.807) is 0 Å². The van der Waals surface area contributed by atoms with Crippen molar-refractivity contribution >= 4 is 0 Å². The van der Waals surface area contributed by atoms with Crippen LogP contribution in [-0.2, 0) is 0 Å². The van der Waals surface area contributed by atoms with Crippen molar-refractivity contribution in [1.29, 1.82) is 0 Å². The summed E-state index contributed by atoms with van der Waals surface area (Å²) in [7, 11) is 2.01. The molecule has 1 aliphatic rings. The summed E-state index contributed by atoms with van der Waals surface area (Å²) in [5, 5.41) is 12.7. The highest BCUT2D eigenvalue weighted by atomic mass is 16.3. The molecule has 90 valence electrons. The molecule has 1 rings (SSSR count). The Hall–Kier alpha value is -0.0800. The average molecular weight is 213 g/mol. The van der Waals surface area contributed by atoms with Crippen molar-refractivity contribution < 1.29 is 5.11 Å². The summed E-state index contributed by atoms with van der Waals surface area (Å²) in [5.41, 5.74) is 0.437. The van der Waals surface area contributed by atoms with Crippen LogP contribution in [-0.4, -0.2) is 24.8 Å². The number of hydrogen-bond acceptors (Lipinski definition) is 2. The second kappa shape index (κ2) is 5.31. The first-order valence-corrected chi connectivity index (χ1v) is 6.33. The number of hydrogen-bond donors (Lipinski definition) is 2. The van der Waals surface area contributed by atoms with Crippen LogP contribution in [0.2, 0.25) is 0 Å². The zero-order valence-electron chi connectivity index (χ0n) is 10.7. The largest absolute Gasteiger partial charge is 0.396 e. The van der Waals surface area contributed by atoms with Crippen LogP contribution in [0.15, 0.2) is 0 Å². The van der Waals surface area contributed by atoms with Crippen LogP contribution >= 0.6 is 0 Å². The minimum atomic E-state index is 0.335. The van der Waals surface area contributed by atoms with Gasteiger partial charge in [0.25, 0.3) is 0 Å². The molecule has 0 spiro atoms. The molecule has 0 radical (unpaired) electrons. The van der Waals surface area contributed by atoms with Crippen molar-refractivity contribution in [2.45, 2.75) is 52.5 Å². The van der Waals surface area contributed by atoms with Gasteiger partial charge in [-0.2, -0.15) is 0 Å². The van der Waals surface area contributed by atoms with Crippen LogP contribution in [0.5, 0.6) is 0 Å². The van der Waals surface area contributed by atoms with Gasteiger partial charge in [0.05, 0.1) is 0 Å². The topological polar surface area (TPSA) is 32.3 Å². The van der Waals surface area contributed by atoms with Crippen LogP contribution in [0.4, 0.5) is 0 Å². The Morgan fingerprint density at radius 2 is 2.00 bits per heavy atom.